The first-order valence-corrected chi connectivity index (χ1v) is 5.23. The van der Waals surface area contributed by atoms with E-state index in [2.05, 4.69) is 20.8 Å². The molecule has 7 heteroatoms. The molecule has 0 unspecified atom stereocenters. The minimum Gasteiger partial charge on any atom is -0.384 e. The highest BCUT2D eigenvalue weighted by Gasteiger charge is 2.04. The van der Waals surface area contributed by atoms with Gasteiger partial charge < -0.3 is 16.4 Å². The van der Waals surface area contributed by atoms with Crippen LogP contribution in [0.15, 0.2) is 30.5 Å². The van der Waals surface area contributed by atoms with E-state index in [0.29, 0.717) is 17.1 Å². The maximum atomic E-state index is 12.6. The number of amides is 2. The second-order valence-corrected chi connectivity index (χ2v) is 3.62. The molecule has 0 bridgehead atoms. The number of nitrogens with one attached hydrogen (secondary N) is 3. The standard InChI is InChI=1S/C11H12FN5O/c12-8-1-3-9(4-2-8)16-11(18)14-5-7-6-15-17-10(7)13/h1-4,6H,5H2,(H3,13,15,17)(H2,14,16,18). The van der Waals surface area contributed by atoms with E-state index in [0.717, 1.165) is 0 Å². The summed E-state index contributed by atoms with van der Waals surface area (Å²) in [6.45, 7) is 0.259. The SMILES string of the molecule is Nc1[nH]ncc1CNC(=O)Nc1ccc(F)cc1. The molecule has 6 nitrogen and oxygen atoms in total. The molecule has 0 aliphatic heterocycles. The van der Waals surface area contributed by atoms with Crippen molar-refractivity contribution in [2.24, 2.45) is 0 Å². The number of benzene rings is 1. The zero-order valence-electron chi connectivity index (χ0n) is 9.40. The molecule has 1 heterocycles. The summed E-state index contributed by atoms with van der Waals surface area (Å²) >= 11 is 0. The van der Waals surface area contributed by atoms with Crippen LogP contribution in [0.3, 0.4) is 0 Å². The Hall–Kier alpha value is -2.57. The molecule has 0 spiro atoms. The molecular weight excluding hydrogens is 237 g/mol. The summed E-state index contributed by atoms with van der Waals surface area (Å²) in [5.41, 5.74) is 6.77. The van der Waals surface area contributed by atoms with Crippen LogP contribution in [-0.2, 0) is 6.54 Å². The monoisotopic (exact) mass is 249 g/mol. The van der Waals surface area contributed by atoms with Crippen molar-refractivity contribution in [3.63, 3.8) is 0 Å². The highest BCUT2D eigenvalue weighted by molar-refractivity contribution is 5.89. The third kappa shape index (κ3) is 2.97. The summed E-state index contributed by atoms with van der Waals surface area (Å²) in [6, 6.07) is 5.08. The van der Waals surface area contributed by atoms with Crippen LogP contribution in [0.4, 0.5) is 20.7 Å². The molecule has 1 aromatic heterocycles. The first kappa shape index (κ1) is 11.9. The van der Waals surface area contributed by atoms with Gasteiger partial charge in [0.05, 0.1) is 6.20 Å². The zero-order chi connectivity index (χ0) is 13.0. The highest BCUT2D eigenvalue weighted by atomic mass is 19.1. The molecule has 0 aliphatic carbocycles. The van der Waals surface area contributed by atoms with Gasteiger partial charge in [0.1, 0.15) is 11.6 Å². The quantitative estimate of drug-likeness (QED) is 0.663. The molecule has 94 valence electrons. The lowest BCUT2D eigenvalue weighted by molar-refractivity contribution is 0.252. The number of nitrogen functional groups attached to an aromatic ring is 1. The van der Waals surface area contributed by atoms with Gasteiger partial charge >= 0.3 is 6.03 Å². The van der Waals surface area contributed by atoms with Gasteiger partial charge in [-0.1, -0.05) is 0 Å². The lowest BCUT2D eigenvalue weighted by Gasteiger charge is -2.06. The largest absolute Gasteiger partial charge is 0.384 e. The summed E-state index contributed by atoms with van der Waals surface area (Å²) in [5.74, 6) is 0.0595. The van der Waals surface area contributed by atoms with Crippen molar-refractivity contribution in [1.82, 2.24) is 15.5 Å². The first-order valence-electron chi connectivity index (χ1n) is 5.23. The summed E-state index contributed by atoms with van der Waals surface area (Å²) < 4.78 is 12.6. The molecule has 0 radical (unpaired) electrons. The Morgan fingerprint density at radius 2 is 2.11 bits per heavy atom. The Kier molecular flexibility index (Phi) is 3.42. The van der Waals surface area contributed by atoms with Gasteiger partial charge in [0.15, 0.2) is 0 Å². The van der Waals surface area contributed by atoms with Crippen LogP contribution in [0, 0.1) is 5.82 Å². The normalized spacial score (nSPS) is 10.1. The van der Waals surface area contributed by atoms with E-state index in [-0.39, 0.29) is 12.4 Å². The van der Waals surface area contributed by atoms with Gasteiger partial charge in [0, 0.05) is 17.8 Å². The van der Waals surface area contributed by atoms with Crippen molar-refractivity contribution in [2.45, 2.75) is 6.54 Å². The number of aromatic amines is 1. The topological polar surface area (TPSA) is 95.8 Å². The lowest BCUT2D eigenvalue weighted by atomic mass is 10.3. The molecule has 18 heavy (non-hydrogen) atoms. The van der Waals surface area contributed by atoms with Crippen LogP contribution in [0.25, 0.3) is 0 Å². The molecule has 2 amide bonds. The molecule has 1 aromatic carbocycles. The van der Waals surface area contributed by atoms with E-state index in [1.54, 1.807) is 0 Å². The molecule has 2 rings (SSSR count). The molecule has 0 atom stereocenters. The summed E-state index contributed by atoms with van der Waals surface area (Å²) in [4.78, 5) is 11.5. The average molecular weight is 249 g/mol. The highest BCUT2D eigenvalue weighted by Crippen LogP contribution is 2.08. The number of aromatic nitrogens is 2. The number of H-pyrrole nitrogens is 1. The summed E-state index contributed by atoms with van der Waals surface area (Å²) in [7, 11) is 0. The first-order chi connectivity index (χ1) is 8.65. The van der Waals surface area contributed by atoms with Gasteiger partial charge in [-0.3, -0.25) is 5.10 Å². The Balaban J connectivity index is 1.86. The second kappa shape index (κ2) is 5.17. The maximum absolute atomic E-state index is 12.6. The van der Waals surface area contributed by atoms with E-state index >= 15 is 0 Å². The minimum atomic E-state index is -0.401. The summed E-state index contributed by atoms with van der Waals surface area (Å²) in [5, 5.41) is 11.5. The van der Waals surface area contributed by atoms with Crippen LogP contribution >= 0.6 is 0 Å². The van der Waals surface area contributed by atoms with Crippen LogP contribution < -0.4 is 16.4 Å². The van der Waals surface area contributed by atoms with Gasteiger partial charge in [-0.05, 0) is 24.3 Å². The summed E-state index contributed by atoms with van der Waals surface area (Å²) in [6.07, 6.45) is 1.54. The van der Waals surface area contributed by atoms with Crippen molar-refractivity contribution >= 4 is 17.5 Å². The van der Waals surface area contributed by atoms with E-state index in [1.807, 2.05) is 0 Å². The number of halogens is 1. The van der Waals surface area contributed by atoms with Gasteiger partial charge in [0.2, 0.25) is 0 Å². The van der Waals surface area contributed by atoms with Crippen molar-refractivity contribution in [2.75, 3.05) is 11.1 Å². The Bertz CT molecular complexity index is 537. The van der Waals surface area contributed by atoms with Gasteiger partial charge in [-0.25, -0.2) is 9.18 Å². The number of nitrogens with two attached hydrogens (primary N) is 1. The number of hydrogen-bond donors (Lipinski definition) is 4. The molecule has 5 N–H and O–H groups in total. The Morgan fingerprint density at radius 1 is 1.39 bits per heavy atom. The van der Waals surface area contributed by atoms with Crippen molar-refractivity contribution in [3.05, 3.63) is 41.8 Å². The molecule has 2 aromatic rings. The predicted molar refractivity (Wildman–Crippen MR) is 65.3 cm³/mol. The third-order valence-corrected chi connectivity index (χ3v) is 2.29. The van der Waals surface area contributed by atoms with Crippen LogP contribution in [0.1, 0.15) is 5.56 Å². The number of urea groups is 1. The molecule has 0 saturated heterocycles. The average Bonchev–Trinajstić information content (AvgIpc) is 2.75. The van der Waals surface area contributed by atoms with Crippen LogP contribution in [0.2, 0.25) is 0 Å². The Labute approximate surface area is 102 Å². The fourth-order valence-electron chi connectivity index (χ4n) is 1.35. The number of anilines is 2. The van der Waals surface area contributed by atoms with E-state index in [4.69, 9.17) is 5.73 Å². The Morgan fingerprint density at radius 3 is 2.72 bits per heavy atom. The van der Waals surface area contributed by atoms with Crippen molar-refractivity contribution in [3.8, 4) is 0 Å². The second-order valence-electron chi connectivity index (χ2n) is 3.62. The van der Waals surface area contributed by atoms with Gasteiger partial charge in [-0.15, -0.1) is 0 Å². The number of rotatable bonds is 3. The van der Waals surface area contributed by atoms with Crippen LogP contribution in [-0.4, -0.2) is 16.2 Å². The van der Waals surface area contributed by atoms with Crippen molar-refractivity contribution in [1.29, 1.82) is 0 Å². The number of nitrogens with zero attached hydrogens (tertiary/aromatic N) is 1. The van der Waals surface area contributed by atoms with E-state index in [9.17, 15) is 9.18 Å². The van der Waals surface area contributed by atoms with Gasteiger partial charge in [-0.2, -0.15) is 5.10 Å². The smallest absolute Gasteiger partial charge is 0.319 e. The minimum absolute atomic E-state index is 0.259. The zero-order valence-corrected chi connectivity index (χ0v) is 9.40. The number of hydrogen-bond acceptors (Lipinski definition) is 3. The fourth-order valence-corrected chi connectivity index (χ4v) is 1.35. The fraction of sp³-hybridized carbons (Fsp3) is 0.0909. The van der Waals surface area contributed by atoms with Gasteiger partial charge in [0.25, 0.3) is 0 Å². The maximum Gasteiger partial charge on any atom is 0.319 e. The number of carbonyl (C=O) groups is 1. The van der Waals surface area contributed by atoms with Crippen LogP contribution in [0.5, 0.6) is 0 Å². The predicted octanol–water partition coefficient (Wildman–Crippen LogP) is 1.45. The molecule has 0 aliphatic rings. The van der Waals surface area contributed by atoms with Crippen molar-refractivity contribution < 1.29 is 9.18 Å². The lowest BCUT2D eigenvalue weighted by Crippen LogP contribution is -2.28. The third-order valence-electron chi connectivity index (χ3n) is 2.29. The van der Waals surface area contributed by atoms with E-state index in [1.165, 1.54) is 30.5 Å². The molecule has 0 saturated carbocycles. The number of carbonyl (C=O) groups excluding carboxylic acids is 1. The molecular formula is C11H12FN5O. The molecule has 0 fully saturated rings. The van der Waals surface area contributed by atoms with E-state index < -0.39 is 6.03 Å².